The van der Waals surface area contributed by atoms with Gasteiger partial charge in [0.15, 0.2) is 5.88 Å². The fourth-order valence-corrected chi connectivity index (χ4v) is 4.66. The smallest absolute Gasteiger partial charge is 0.420 e. The predicted molar refractivity (Wildman–Crippen MR) is 148 cm³/mol. The Labute approximate surface area is 235 Å². The Hall–Kier alpha value is -4.28. The van der Waals surface area contributed by atoms with E-state index in [-0.39, 0.29) is 37.3 Å². The molecule has 1 aliphatic heterocycles. The predicted octanol–water partition coefficient (Wildman–Crippen LogP) is 6.14. The van der Waals surface area contributed by atoms with Gasteiger partial charge in [-0.1, -0.05) is 31.2 Å². The van der Waals surface area contributed by atoms with Crippen LogP contribution in [0, 0.1) is 5.92 Å². The third-order valence-electron chi connectivity index (χ3n) is 6.74. The molecule has 1 aromatic heterocycles. The number of anilines is 2. The molecule has 1 fully saturated rings. The molecule has 1 aliphatic rings. The Morgan fingerprint density at radius 1 is 1.02 bits per heavy atom. The molecule has 0 saturated carbocycles. The average Bonchev–Trinajstić information content (AvgIpc) is 3.41. The van der Waals surface area contributed by atoms with Crippen LogP contribution < -0.4 is 15.5 Å². The summed E-state index contributed by atoms with van der Waals surface area (Å²) in [6, 6.07) is 14.2. The lowest BCUT2D eigenvalue weighted by Crippen LogP contribution is -2.33. The summed E-state index contributed by atoms with van der Waals surface area (Å²) in [6.45, 7) is 5.31. The summed E-state index contributed by atoms with van der Waals surface area (Å²) in [6.07, 6.45) is -2.84. The summed E-state index contributed by atoms with van der Waals surface area (Å²) in [5.41, 5.74) is 1.17. The van der Waals surface area contributed by atoms with Crippen molar-refractivity contribution in [2.75, 3.05) is 36.5 Å². The second kappa shape index (κ2) is 12.9. The number of nitrogens with one attached hydrogen (secondary N) is 2. The number of esters is 1. The average molecular weight is 572 g/mol. The summed E-state index contributed by atoms with van der Waals surface area (Å²) in [5.74, 6) is -2.11. The van der Waals surface area contributed by atoms with E-state index in [1.165, 1.54) is 0 Å². The van der Waals surface area contributed by atoms with Gasteiger partial charge in [-0.3, -0.25) is 14.4 Å². The Kier molecular flexibility index (Phi) is 9.36. The van der Waals surface area contributed by atoms with Gasteiger partial charge in [-0.15, -0.1) is 0 Å². The first-order valence-electron chi connectivity index (χ1n) is 13.5. The first kappa shape index (κ1) is 29.7. The summed E-state index contributed by atoms with van der Waals surface area (Å²) >= 11 is 0. The normalized spacial score (nSPS) is 15.3. The van der Waals surface area contributed by atoms with Crippen LogP contribution in [0.3, 0.4) is 0 Å². The highest BCUT2D eigenvalue weighted by molar-refractivity contribution is 6.04. The Bertz CT molecular complexity index is 1370. The largest absolute Gasteiger partial charge is 0.466 e. The molecule has 1 saturated heterocycles. The molecule has 2 aromatic carbocycles. The number of ether oxygens (including phenoxy) is 1. The van der Waals surface area contributed by atoms with Gasteiger partial charge in [0.1, 0.15) is 5.56 Å². The molecule has 0 aliphatic carbocycles. The fourth-order valence-electron chi connectivity index (χ4n) is 4.66. The number of benzene rings is 2. The minimum absolute atomic E-state index is 0.0421. The van der Waals surface area contributed by atoms with E-state index in [0.717, 1.165) is 30.0 Å². The van der Waals surface area contributed by atoms with Crippen LogP contribution in [-0.4, -0.2) is 44.0 Å². The molecule has 2 amide bonds. The molecule has 0 bridgehead atoms. The lowest BCUT2D eigenvalue weighted by molar-refractivity contribution is -0.143. The molecule has 2 heterocycles. The van der Waals surface area contributed by atoms with Gasteiger partial charge in [0.05, 0.1) is 13.0 Å². The number of carbonyl (C=O) groups is 3. The third-order valence-corrected chi connectivity index (χ3v) is 6.74. The van der Waals surface area contributed by atoms with E-state index in [1.807, 2.05) is 6.92 Å². The molecule has 0 radical (unpaired) electrons. The zero-order valence-corrected chi connectivity index (χ0v) is 22.8. The second-order valence-corrected chi connectivity index (χ2v) is 9.94. The van der Waals surface area contributed by atoms with Crippen LogP contribution in [0.15, 0.2) is 59.0 Å². The Morgan fingerprint density at radius 2 is 1.68 bits per heavy atom. The van der Waals surface area contributed by atoms with Gasteiger partial charge in [0, 0.05) is 37.0 Å². The topological polar surface area (TPSA) is 101 Å². The van der Waals surface area contributed by atoms with Crippen molar-refractivity contribution in [1.82, 2.24) is 5.32 Å². The highest BCUT2D eigenvalue weighted by Gasteiger charge is 2.40. The second-order valence-electron chi connectivity index (χ2n) is 9.94. The number of piperidine rings is 1. The number of furan rings is 1. The van der Waals surface area contributed by atoms with E-state index in [0.29, 0.717) is 30.3 Å². The molecule has 8 nitrogen and oxygen atoms in total. The van der Waals surface area contributed by atoms with Crippen molar-refractivity contribution >= 4 is 29.4 Å². The number of halogens is 3. The molecule has 1 unspecified atom stereocenters. The number of rotatable bonds is 9. The van der Waals surface area contributed by atoms with Crippen molar-refractivity contribution in [3.8, 4) is 11.1 Å². The minimum Gasteiger partial charge on any atom is -0.466 e. The Balaban J connectivity index is 1.40. The van der Waals surface area contributed by atoms with Crippen molar-refractivity contribution in [3.63, 3.8) is 0 Å². The third kappa shape index (κ3) is 7.68. The van der Waals surface area contributed by atoms with Gasteiger partial charge in [0.2, 0.25) is 5.76 Å². The van der Waals surface area contributed by atoms with E-state index in [9.17, 15) is 27.6 Å². The van der Waals surface area contributed by atoms with Gasteiger partial charge in [0.25, 0.3) is 11.8 Å². The lowest BCUT2D eigenvalue weighted by Gasteiger charge is -2.30. The summed E-state index contributed by atoms with van der Waals surface area (Å²) in [7, 11) is 0. The number of nitrogens with zero attached hydrogens (tertiary/aromatic N) is 1. The molecule has 218 valence electrons. The lowest BCUT2D eigenvalue weighted by atomic mass is 10.0. The van der Waals surface area contributed by atoms with Crippen LogP contribution in [-0.2, 0) is 15.7 Å². The van der Waals surface area contributed by atoms with E-state index >= 15 is 0 Å². The highest BCUT2D eigenvalue weighted by Crippen LogP contribution is 2.38. The van der Waals surface area contributed by atoms with Crippen LogP contribution in [0.4, 0.5) is 24.7 Å². The maximum absolute atomic E-state index is 13.7. The molecular formula is C30H32F3N3O5. The number of alkyl halides is 3. The van der Waals surface area contributed by atoms with E-state index in [1.54, 1.807) is 60.4 Å². The molecular weight excluding hydrogens is 539 g/mol. The zero-order chi connectivity index (χ0) is 29.6. The Morgan fingerprint density at radius 3 is 2.29 bits per heavy atom. The van der Waals surface area contributed by atoms with Crippen LogP contribution in [0.1, 0.15) is 59.6 Å². The minimum atomic E-state index is -4.75. The molecule has 4 rings (SSSR count). The number of amides is 2. The zero-order valence-electron chi connectivity index (χ0n) is 22.8. The van der Waals surface area contributed by atoms with Crippen LogP contribution in [0.2, 0.25) is 0 Å². The van der Waals surface area contributed by atoms with Gasteiger partial charge >= 0.3 is 12.1 Å². The monoisotopic (exact) mass is 571 g/mol. The van der Waals surface area contributed by atoms with Crippen molar-refractivity contribution in [2.45, 2.75) is 39.3 Å². The number of hydrogen-bond acceptors (Lipinski definition) is 6. The van der Waals surface area contributed by atoms with Gasteiger partial charge in [-0.25, -0.2) is 0 Å². The maximum atomic E-state index is 13.7. The molecule has 41 heavy (non-hydrogen) atoms. The summed E-state index contributed by atoms with van der Waals surface area (Å²) in [4.78, 5) is 38.3. The SMILES string of the molecule is CCOC(=O)CCNC(=O)c1ccc(-c2ccc(NC(=O)c3oc(N4CCCC(C)C4)cc3C(F)(F)F)cc2)cc1. The van der Waals surface area contributed by atoms with Crippen LogP contribution in [0.5, 0.6) is 0 Å². The van der Waals surface area contributed by atoms with E-state index < -0.39 is 23.4 Å². The summed E-state index contributed by atoms with van der Waals surface area (Å²) < 4.78 is 51.5. The standard InChI is InChI=1S/C30H32F3N3O5/c1-3-40-26(37)14-15-34-28(38)22-8-6-20(7-9-22)21-10-12-23(13-11-21)35-29(39)27-24(30(31,32)33)17-25(41-27)36-16-4-5-19(2)18-36/h6-13,17,19H,3-5,14-16,18H2,1-2H3,(H,34,38)(H,35,39). The van der Waals surface area contributed by atoms with Crippen molar-refractivity contribution in [1.29, 1.82) is 0 Å². The van der Waals surface area contributed by atoms with Crippen LogP contribution in [0.25, 0.3) is 11.1 Å². The number of carbonyl (C=O) groups excluding carboxylic acids is 3. The fraction of sp³-hybridized carbons (Fsp3) is 0.367. The number of hydrogen-bond donors (Lipinski definition) is 2. The van der Waals surface area contributed by atoms with Crippen LogP contribution >= 0.6 is 0 Å². The van der Waals surface area contributed by atoms with Gasteiger partial charge in [-0.05, 0) is 61.1 Å². The first-order chi connectivity index (χ1) is 19.5. The first-order valence-corrected chi connectivity index (χ1v) is 13.5. The highest BCUT2D eigenvalue weighted by atomic mass is 19.4. The molecule has 11 heteroatoms. The van der Waals surface area contributed by atoms with E-state index in [2.05, 4.69) is 10.6 Å². The van der Waals surface area contributed by atoms with Gasteiger partial charge < -0.3 is 24.7 Å². The molecule has 3 aromatic rings. The summed E-state index contributed by atoms with van der Waals surface area (Å²) in [5, 5.41) is 5.16. The molecule has 0 spiro atoms. The quantitative estimate of drug-likeness (QED) is 0.300. The van der Waals surface area contributed by atoms with Crippen molar-refractivity contribution in [3.05, 3.63) is 71.5 Å². The van der Waals surface area contributed by atoms with E-state index in [4.69, 9.17) is 9.15 Å². The van der Waals surface area contributed by atoms with Crippen molar-refractivity contribution < 1.29 is 36.7 Å². The van der Waals surface area contributed by atoms with Gasteiger partial charge in [-0.2, -0.15) is 13.2 Å². The van der Waals surface area contributed by atoms with Crippen molar-refractivity contribution in [2.24, 2.45) is 5.92 Å². The molecule has 2 N–H and O–H groups in total. The molecule has 1 atom stereocenters. The maximum Gasteiger partial charge on any atom is 0.420 e.